The van der Waals surface area contributed by atoms with Crippen LogP contribution in [-0.4, -0.2) is 14.2 Å². The zero-order valence-corrected chi connectivity index (χ0v) is 14.0. The van der Waals surface area contributed by atoms with E-state index in [0.717, 1.165) is 22.6 Å². The van der Waals surface area contributed by atoms with Crippen molar-refractivity contribution in [3.8, 4) is 11.5 Å². The second-order valence-electron chi connectivity index (χ2n) is 4.49. The standard InChI is InChI=1S/C16H16BrClO2/c1-10-4-6-14(19-2)12(8-10)16(17)13-9-11(18)5-7-15(13)20-3/h4-9,16H,1-3H3. The molecule has 0 heterocycles. The predicted molar refractivity (Wildman–Crippen MR) is 86.5 cm³/mol. The van der Waals surface area contributed by atoms with Gasteiger partial charge in [0.15, 0.2) is 0 Å². The number of ether oxygens (including phenoxy) is 2. The van der Waals surface area contributed by atoms with Gasteiger partial charge in [-0.15, -0.1) is 0 Å². The highest BCUT2D eigenvalue weighted by molar-refractivity contribution is 9.09. The minimum atomic E-state index is -0.0500. The monoisotopic (exact) mass is 354 g/mol. The second-order valence-corrected chi connectivity index (χ2v) is 5.85. The van der Waals surface area contributed by atoms with Crippen molar-refractivity contribution >= 4 is 27.5 Å². The van der Waals surface area contributed by atoms with Gasteiger partial charge < -0.3 is 9.47 Å². The zero-order chi connectivity index (χ0) is 14.7. The summed E-state index contributed by atoms with van der Waals surface area (Å²) in [6, 6.07) is 11.7. The summed E-state index contributed by atoms with van der Waals surface area (Å²) in [5.74, 6) is 1.62. The van der Waals surface area contributed by atoms with Gasteiger partial charge >= 0.3 is 0 Å². The van der Waals surface area contributed by atoms with Crippen LogP contribution in [0, 0.1) is 6.92 Å². The van der Waals surface area contributed by atoms with Crippen LogP contribution >= 0.6 is 27.5 Å². The number of methoxy groups -OCH3 is 2. The van der Waals surface area contributed by atoms with E-state index in [0.29, 0.717) is 5.02 Å². The van der Waals surface area contributed by atoms with E-state index in [1.165, 1.54) is 5.56 Å². The molecule has 1 atom stereocenters. The van der Waals surface area contributed by atoms with Gasteiger partial charge in [-0.2, -0.15) is 0 Å². The Labute approximate surface area is 132 Å². The van der Waals surface area contributed by atoms with Gasteiger partial charge in [0.1, 0.15) is 11.5 Å². The topological polar surface area (TPSA) is 18.5 Å². The number of hydrogen-bond acceptors (Lipinski definition) is 2. The summed E-state index contributed by atoms with van der Waals surface area (Å²) in [6.07, 6.45) is 0. The molecule has 4 heteroatoms. The first-order valence-corrected chi connectivity index (χ1v) is 7.48. The zero-order valence-electron chi connectivity index (χ0n) is 11.6. The third-order valence-electron chi connectivity index (χ3n) is 3.12. The molecule has 0 aromatic heterocycles. The maximum Gasteiger partial charge on any atom is 0.123 e. The molecular weight excluding hydrogens is 340 g/mol. The fourth-order valence-electron chi connectivity index (χ4n) is 2.12. The molecule has 20 heavy (non-hydrogen) atoms. The predicted octanol–water partition coefficient (Wildman–Crippen LogP) is 5.15. The molecule has 0 aliphatic heterocycles. The van der Waals surface area contributed by atoms with Gasteiger partial charge in [0, 0.05) is 16.1 Å². The lowest BCUT2D eigenvalue weighted by molar-refractivity contribution is 0.405. The highest BCUT2D eigenvalue weighted by Crippen LogP contribution is 2.41. The van der Waals surface area contributed by atoms with Crippen LogP contribution < -0.4 is 9.47 Å². The molecule has 2 rings (SSSR count). The molecule has 0 radical (unpaired) electrons. The number of hydrogen-bond donors (Lipinski definition) is 0. The van der Waals surface area contributed by atoms with Crippen LogP contribution in [0.5, 0.6) is 11.5 Å². The number of benzene rings is 2. The molecule has 106 valence electrons. The summed E-state index contributed by atoms with van der Waals surface area (Å²) in [6.45, 7) is 2.05. The first-order chi connectivity index (χ1) is 9.56. The SMILES string of the molecule is COc1ccc(C)cc1C(Br)c1cc(Cl)ccc1OC. The van der Waals surface area contributed by atoms with Crippen molar-refractivity contribution in [3.63, 3.8) is 0 Å². The third kappa shape index (κ3) is 3.10. The Hall–Kier alpha value is -1.19. The first kappa shape index (κ1) is 15.2. The van der Waals surface area contributed by atoms with Crippen LogP contribution in [0.3, 0.4) is 0 Å². The molecule has 0 bridgehead atoms. The molecule has 0 N–H and O–H groups in total. The molecule has 1 unspecified atom stereocenters. The van der Waals surface area contributed by atoms with Gasteiger partial charge in [-0.1, -0.05) is 45.2 Å². The van der Waals surface area contributed by atoms with Crippen LogP contribution in [0.1, 0.15) is 21.5 Å². The Morgan fingerprint density at radius 1 is 0.950 bits per heavy atom. The van der Waals surface area contributed by atoms with Crippen LogP contribution in [0.25, 0.3) is 0 Å². The fraction of sp³-hybridized carbons (Fsp3) is 0.250. The average molecular weight is 356 g/mol. The first-order valence-electron chi connectivity index (χ1n) is 6.19. The van der Waals surface area contributed by atoms with E-state index in [1.807, 2.05) is 30.3 Å². The summed E-state index contributed by atoms with van der Waals surface area (Å²) in [5, 5.41) is 0.678. The Balaban J connectivity index is 2.53. The van der Waals surface area contributed by atoms with E-state index in [1.54, 1.807) is 14.2 Å². The van der Waals surface area contributed by atoms with E-state index < -0.39 is 0 Å². The fourth-order valence-corrected chi connectivity index (χ4v) is 3.02. The van der Waals surface area contributed by atoms with Crippen molar-refractivity contribution in [2.24, 2.45) is 0 Å². The lowest BCUT2D eigenvalue weighted by atomic mass is 10.0. The summed E-state index contributed by atoms with van der Waals surface area (Å²) < 4.78 is 10.9. The number of alkyl halides is 1. The largest absolute Gasteiger partial charge is 0.496 e. The Morgan fingerprint density at radius 3 is 2.10 bits per heavy atom. The minimum absolute atomic E-state index is 0.0500. The molecule has 0 fully saturated rings. The third-order valence-corrected chi connectivity index (χ3v) is 4.34. The van der Waals surface area contributed by atoms with Crippen molar-refractivity contribution in [1.29, 1.82) is 0 Å². The lowest BCUT2D eigenvalue weighted by Crippen LogP contribution is -2.00. The molecule has 0 aliphatic rings. The van der Waals surface area contributed by atoms with E-state index >= 15 is 0 Å². The maximum absolute atomic E-state index is 6.10. The molecule has 2 nitrogen and oxygen atoms in total. The quantitative estimate of drug-likeness (QED) is 0.706. The average Bonchev–Trinajstić information content (AvgIpc) is 2.46. The maximum atomic E-state index is 6.10. The van der Waals surface area contributed by atoms with Gasteiger partial charge in [0.2, 0.25) is 0 Å². The Morgan fingerprint density at radius 2 is 1.50 bits per heavy atom. The van der Waals surface area contributed by atoms with Crippen molar-refractivity contribution in [3.05, 3.63) is 58.1 Å². The van der Waals surface area contributed by atoms with Crippen molar-refractivity contribution in [2.75, 3.05) is 14.2 Å². The van der Waals surface area contributed by atoms with Gasteiger partial charge in [-0.05, 0) is 31.2 Å². The Kier molecular flexibility index (Phi) is 4.95. The second kappa shape index (κ2) is 6.51. The smallest absolute Gasteiger partial charge is 0.123 e. The van der Waals surface area contributed by atoms with E-state index in [-0.39, 0.29) is 4.83 Å². The number of rotatable bonds is 4. The van der Waals surface area contributed by atoms with Crippen LogP contribution in [0.4, 0.5) is 0 Å². The van der Waals surface area contributed by atoms with Gasteiger partial charge in [-0.3, -0.25) is 0 Å². The van der Waals surface area contributed by atoms with Crippen molar-refractivity contribution < 1.29 is 9.47 Å². The lowest BCUT2D eigenvalue weighted by Gasteiger charge is -2.18. The molecular formula is C16H16BrClO2. The minimum Gasteiger partial charge on any atom is -0.496 e. The summed E-state index contributed by atoms with van der Waals surface area (Å²) in [7, 11) is 3.32. The van der Waals surface area contributed by atoms with Crippen molar-refractivity contribution in [1.82, 2.24) is 0 Å². The summed E-state index contributed by atoms with van der Waals surface area (Å²) >= 11 is 9.83. The van der Waals surface area contributed by atoms with Gasteiger partial charge in [0.05, 0.1) is 19.0 Å². The summed E-state index contributed by atoms with van der Waals surface area (Å²) in [5.41, 5.74) is 3.20. The molecule has 0 amide bonds. The van der Waals surface area contributed by atoms with Gasteiger partial charge in [-0.25, -0.2) is 0 Å². The van der Waals surface area contributed by atoms with E-state index in [4.69, 9.17) is 21.1 Å². The normalized spacial score (nSPS) is 12.1. The number of aryl methyl sites for hydroxylation is 1. The van der Waals surface area contributed by atoms with Crippen LogP contribution in [-0.2, 0) is 0 Å². The Bertz CT molecular complexity index is 560. The number of halogens is 2. The molecule has 2 aromatic rings. The molecule has 0 saturated carbocycles. The van der Waals surface area contributed by atoms with Crippen molar-refractivity contribution in [2.45, 2.75) is 11.8 Å². The van der Waals surface area contributed by atoms with Crippen LogP contribution in [0.15, 0.2) is 36.4 Å². The highest BCUT2D eigenvalue weighted by Gasteiger charge is 2.19. The molecule has 0 aliphatic carbocycles. The highest BCUT2D eigenvalue weighted by atomic mass is 79.9. The molecule has 0 spiro atoms. The van der Waals surface area contributed by atoms with E-state index in [2.05, 4.69) is 28.9 Å². The molecule has 0 saturated heterocycles. The van der Waals surface area contributed by atoms with Crippen LogP contribution in [0.2, 0.25) is 5.02 Å². The van der Waals surface area contributed by atoms with Gasteiger partial charge in [0.25, 0.3) is 0 Å². The molecule has 2 aromatic carbocycles. The van der Waals surface area contributed by atoms with E-state index in [9.17, 15) is 0 Å². The summed E-state index contributed by atoms with van der Waals surface area (Å²) in [4.78, 5) is -0.0500.